The van der Waals surface area contributed by atoms with Crippen LogP contribution in [0.3, 0.4) is 0 Å². The zero-order valence-electron chi connectivity index (χ0n) is 13.9. The van der Waals surface area contributed by atoms with Gasteiger partial charge in [-0.1, -0.05) is 56.5 Å². The van der Waals surface area contributed by atoms with E-state index >= 15 is 0 Å². The van der Waals surface area contributed by atoms with Crippen LogP contribution in [-0.4, -0.2) is 25.8 Å². The highest BCUT2D eigenvalue weighted by molar-refractivity contribution is 5.15. The molecule has 1 aromatic rings. The first-order chi connectivity index (χ1) is 10.4. The van der Waals surface area contributed by atoms with Crippen LogP contribution >= 0.6 is 0 Å². The fraction of sp³-hybridized carbons (Fsp3) is 0.684. The predicted molar refractivity (Wildman–Crippen MR) is 91.8 cm³/mol. The lowest BCUT2D eigenvalue weighted by Crippen LogP contribution is -2.32. The van der Waals surface area contributed by atoms with Crippen LogP contribution in [0.15, 0.2) is 30.3 Å². The molecule has 2 nitrogen and oxygen atoms in total. The average molecular weight is 291 g/mol. The van der Waals surface area contributed by atoms with Crippen LogP contribution < -0.4 is 5.32 Å². The standard InChI is InChI=1S/C19H33NO/c1-3-5-6-10-15-20-19(14-11-16-21-4-2)17-18-12-8-7-9-13-18/h7-9,12-13,19-20H,3-6,10-11,14-17H2,1-2H3. The SMILES string of the molecule is CCCCCCNC(CCCOCC)Cc1ccccc1. The Kier molecular flexibility index (Phi) is 11.1. The molecule has 0 amide bonds. The molecule has 0 fully saturated rings. The van der Waals surface area contributed by atoms with Crippen LogP contribution in [-0.2, 0) is 11.2 Å². The summed E-state index contributed by atoms with van der Waals surface area (Å²) in [6.45, 7) is 7.19. The maximum atomic E-state index is 5.46. The lowest BCUT2D eigenvalue weighted by atomic mass is 10.0. The van der Waals surface area contributed by atoms with Crippen LogP contribution in [0.5, 0.6) is 0 Å². The number of nitrogens with one attached hydrogen (secondary N) is 1. The van der Waals surface area contributed by atoms with Crippen molar-refractivity contribution in [2.45, 2.75) is 64.8 Å². The van der Waals surface area contributed by atoms with Crippen molar-refractivity contribution in [3.63, 3.8) is 0 Å². The number of ether oxygens (including phenoxy) is 1. The summed E-state index contributed by atoms with van der Waals surface area (Å²) >= 11 is 0. The van der Waals surface area contributed by atoms with Crippen molar-refractivity contribution in [2.75, 3.05) is 19.8 Å². The van der Waals surface area contributed by atoms with Gasteiger partial charge in [-0.3, -0.25) is 0 Å². The predicted octanol–water partition coefficient (Wildman–Crippen LogP) is 4.58. The van der Waals surface area contributed by atoms with Crippen molar-refractivity contribution >= 4 is 0 Å². The van der Waals surface area contributed by atoms with Gasteiger partial charge in [0.05, 0.1) is 0 Å². The third kappa shape index (κ3) is 9.65. The Morgan fingerprint density at radius 1 is 1.00 bits per heavy atom. The molecule has 0 aliphatic rings. The topological polar surface area (TPSA) is 21.3 Å². The molecule has 1 atom stereocenters. The number of hydrogen-bond donors (Lipinski definition) is 1. The quantitative estimate of drug-likeness (QED) is 0.537. The van der Waals surface area contributed by atoms with Crippen LogP contribution in [0.25, 0.3) is 0 Å². The molecule has 0 heterocycles. The van der Waals surface area contributed by atoms with E-state index in [-0.39, 0.29) is 0 Å². The maximum Gasteiger partial charge on any atom is 0.0466 e. The summed E-state index contributed by atoms with van der Waals surface area (Å²) in [6.07, 6.45) is 8.78. The van der Waals surface area contributed by atoms with Crippen molar-refractivity contribution in [2.24, 2.45) is 0 Å². The molecule has 1 N–H and O–H groups in total. The average Bonchev–Trinajstić information content (AvgIpc) is 2.52. The molecule has 120 valence electrons. The molecule has 1 unspecified atom stereocenters. The van der Waals surface area contributed by atoms with Gasteiger partial charge in [0.2, 0.25) is 0 Å². The zero-order chi connectivity index (χ0) is 15.2. The lowest BCUT2D eigenvalue weighted by molar-refractivity contribution is 0.140. The van der Waals surface area contributed by atoms with Gasteiger partial charge in [-0.2, -0.15) is 0 Å². The molecular formula is C19H33NO. The minimum atomic E-state index is 0.578. The van der Waals surface area contributed by atoms with Crippen molar-refractivity contribution in [1.82, 2.24) is 5.32 Å². The highest BCUT2D eigenvalue weighted by atomic mass is 16.5. The Balaban J connectivity index is 2.30. The van der Waals surface area contributed by atoms with Gasteiger partial charge in [-0.25, -0.2) is 0 Å². The first-order valence-corrected chi connectivity index (χ1v) is 8.71. The molecule has 0 bridgehead atoms. The van der Waals surface area contributed by atoms with Crippen LogP contribution in [0.1, 0.15) is 57.9 Å². The van der Waals surface area contributed by atoms with Crippen molar-refractivity contribution < 1.29 is 4.74 Å². The molecule has 0 saturated heterocycles. The summed E-state index contributed by atoms with van der Waals surface area (Å²) in [5, 5.41) is 3.75. The molecule has 0 aliphatic carbocycles. The number of unbranched alkanes of at least 4 members (excludes halogenated alkanes) is 3. The summed E-state index contributed by atoms with van der Waals surface area (Å²) in [4.78, 5) is 0. The Bertz CT molecular complexity index is 326. The third-order valence-electron chi connectivity index (χ3n) is 3.83. The van der Waals surface area contributed by atoms with Gasteiger partial charge < -0.3 is 10.1 Å². The maximum absolute atomic E-state index is 5.46. The normalized spacial score (nSPS) is 12.5. The van der Waals surface area contributed by atoms with E-state index in [0.29, 0.717) is 6.04 Å². The van der Waals surface area contributed by atoms with Gasteiger partial charge in [0, 0.05) is 19.3 Å². The molecule has 1 aromatic carbocycles. The van der Waals surface area contributed by atoms with E-state index in [1.54, 1.807) is 0 Å². The Hall–Kier alpha value is -0.860. The summed E-state index contributed by atoms with van der Waals surface area (Å²) < 4.78 is 5.46. The minimum Gasteiger partial charge on any atom is -0.382 e. The van der Waals surface area contributed by atoms with Crippen LogP contribution in [0.4, 0.5) is 0 Å². The first kappa shape index (κ1) is 18.2. The highest BCUT2D eigenvalue weighted by Crippen LogP contribution is 2.08. The summed E-state index contributed by atoms with van der Waals surface area (Å²) in [6, 6.07) is 11.4. The van der Waals surface area contributed by atoms with E-state index in [0.717, 1.165) is 32.6 Å². The van der Waals surface area contributed by atoms with Crippen LogP contribution in [0.2, 0.25) is 0 Å². The van der Waals surface area contributed by atoms with Gasteiger partial charge in [-0.15, -0.1) is 0 Å². The number of hydrogen-bond acceptors (Lipinski definition) is 2. The fourth-order valence-electron chi connectivity index (χ4n) is 2.61. The summed E-state index contributed by atoms with van der Waals surface area (Å²) in [5.41, 5.74) is 1.43. The lowest BCUT2D eigenvalue weighted by Gasteiger charge is -2.19. The summed E-state index contributed by atoms with van der Waals surface area (Å²) in [7, 11) is 0. The molecule has 0 radical (unpaired) electrons. The van der Waals surface area contributed by atoms with Crippen molar-refractivity contribution in [3.05, 3.63) is 35.9 Å². The van der Waals surface area contributed by atoms with Crippen molar-refractivity contribution in [1.29, 1.82) is 0 Å². The van der Waals surface area contributed by atoms with Gasteiger partial charge >= 0.3 is 0 Å². The van der Waals surface area contributed by atoms with E-state index in [9.17, 15) is 0 Å². The monoisotopic (exact) mass is 291 g/mol. The van der Waals surface area contributed by atoms with E-state index < -0.39 is 0 Å². The van der Waals surface area contributed by atoms with Gasteiger partial charge in [-0.05, 0) is 44.7 Å². The van der Waals surface area contributed by atoms with Gasteiger partial charge in [0.15, 0.2) is 0 Å². The molecule has 21 heavy (non-hydrogen) atoms. The number of rotatable bonds is 13. The summed E-state index contributed by atoms with van der Waals surface area (Å²) in [5.74, 6) is 0. The number of benzene rings is 1. The second kappa shape index (κ2) is 12.8. The Morgan fingerprint density at radius 2 is 1.81 bits per heavy atom. The highest BCUT2D eigenvalue weighted by Gasteiger charge is 2.08. The van der Waals surface area contributed by atoms with E-state index in [1.165, 1.54) is 37.7 Å². The fourth-order valence-corrected chi connectivity index (χ4v) is 2.61. The second-order valence-corrected chi connectivity index (χ2v) is 5.74. The molecule has 0 spiro atoms. The Labute approximate surface area is 131 Å². The molecular weight excluding hydrogens is 258 g/mol. The van der Waals surface area contributed by atoms with Gasteiger partial charge in [0.25, 0.3) is 0 Å². The molecule has 0 saturated carbocycles. The molecule has 0 aliphatic heterocycles. The van der Waals surface area contributed by atoms with E-state index in [4.69, 9.17) is 4.74 Å². The van der Waals surface area contributed by atoms with Gasteiger partial charge in [0.1, 0.15) is 0 Å². The third-order valence-corrected chi connectivity index (χ3v) is 3.83. The minimum absolute atomic E-state index is 0.578. The molecule has 2 heteroatoms. The van der Waals surface area contributed by atoms with E-state index in [2.05, 4.69) is 49.5 Å². The molecule has 0 aromatic heterocycles. The zero-order valence-corrected chi connectivity index (χ0v) is 13.9. The Morgan fingerprint density at radius 3 is 2.52 bits per heavy atom. The van der Waals surface area contributed by atoms with Crippen molar-refractivity contribution in [3.8, 4) is 0 Å². The first-order valence-electron chi connectivity index (χ1n) is 8.71. The molecule has 1 rings (SSSR count). The van der Waals surface area contributed by atoms with Crippen LogP contribution in [0, 0.1) is 0 Å². The van der Waals surface area contributed by atoms with E-state index in [1.807, 2.05) is 0 Å². The smallest absolute Gasteiger partial charge is 0.0466 e. The largest absolute Gasteiger partial charge is 0.382 e. The second-order valence-electron chi connectivity index (χ2n) is 5.74.